The minimum absolute atomic E-state index is 0.0417. The molecule has 0 saturated heterocycles. The lowest BCUT2D eigenvalue weighted by molar-refractivity contribution is 0.618. The minimum atomic E-state index is -0.309. The molecule has 84 valence electrons. The lowest BCUT2D eigenvalue weighted by Crippen LogP contribution is -2.27. The van der Waals surface area contributed by atoms with Gasteiger partial charge in [-0.3, -0.25) is 5.41 Å². The second kappa shape index (κ2) is 4.65. The van der Waals surface area contributed by atoms with Crippen LogP contribution >= 0.6 is 0 Å². The van der Waals surface area contributed by atoms with E-state index in [1.165, 1.54) is 25.1 Å². The largest absolute Gasteiger partial charge is 0.382 e. The summed E-state index contributed by atoms with van der Waals surface area (Å²) in [6, 6.07) is 4.30. The fourth-order valence-corrected chi connectivity index (χ4v) is 1.09. The van der Waals surface area contributed by atoms with Crippen molar-refractivity contribution in [3.63, 3.8) is 0 Å². The number of hydrogen-bond donors (Lipinski definition) is 3. The second-order valence-electron chi connectivity index (χ2n) is 3.43. The van der Waals surface area contributed by atoms with Crippen LogP contribution in [0.1, 0.15) is 12.5 Å². The van der Waals surface area contributed by atoms with E-state index in [9.17, 15) is 4.39 Å². The van der Waals surface area contributed by atoms with Crippen molar-refractivity contribution >= 4 is 22.9 Å². The van der Waals surface area contributed by atoms with E-state index < -0.39 is 0 Å². The molecule has 0 aliphatic rings. The van der Waals surface area contributed by atoms with Crippen molar-refractivity contribution in [3.8, 4) is 0 Å². The Kier molecular flexibility index (Phi) is 3.50. The van der Waals surface area contributed by atoms with Gasteiger partial charge in [0.1, 0.15) is 11.5 Å². The van der Waals surface area contributed by atoms with Crippen LogP contribution in [0.15, 0.2) is 23.2 Å². The van der Waals surface area contributed by atoms with Crippen LogP contribution in [-0.4, -0.2) is 17.3 Å². The second-order valence-corrected chi connectivity index (χ2v) is 3.43. The van der Waals surface area contributed by atoms with Crippen LogP contribution in [0.2, 0.25) is 0 Å². The quantitative estimate of drug-likeness (QED) is 0.529. The van der Waals surface area contributed by atoms with E-state index in [1.54, 1.807) is 6.92 Å². The summed E-state index contributed by atoms with van der Waals surface area (Å²) in [6.45, 7) is 3.08. The fraction of sp³-hybridized carbons (Fsp3) is 0.182. The lowest BCUT2D eigenvalue weighted by Gasteiger charge is -2.02. The van der Waals surface area contributed by atoms with Gasteiger partial charge in [0.15, 0.2) is 5.84 Å². The standard InChI is InChI=1S/C11H13FN4/c1-6-5-8(3-4-9(6)12)16-11(15)10(14)7(2)13/h3-5,13-14H,1-2H3,(H2,15,16). The van der Waals surface area contributed by atoms with Gasteiger partial charge in [0.2, 0.25) is 0 Å². The summed E-state index contributed by atoms with van der Waals surface area (Å²) in [5, 5.41) is 14.7. The van der Waals surface area contributed by atoms with Gasteiger partial charge < -0.3 is 11.1 Å². The Bertz CT molecular complexity index is 477. The molecule has 0 fully saturated rings. The van der Waals surface area contributed by atoms with E-state index in [1.807, 2.05) is 0 Å². The van der Waals surface area contributed by atoms with Gasteiger partial charge in [0.05, 0.1) is 11.4 Å². The monoisotopic (exact) mass is 220 g/mol. The summed E-state index contributed by atoms with van der Waals surface area (Å²) in [5.74, 6) is -0.352. The fourth-order valence-electron chi connectivity index (χ4n) is 1.09. The minimum Gasteiger partial charge on any atom is -0.382 e. The number of hydrogen-bond acceptors (Lipinski definition) is 3. The van der Waals surface area contributed by atoms with Crippen molar-refractivity contribution in [2.75, 3.05) is 0 Å². The van der Waals surface area contributed by atoms with E-state index in [0.29, 0.717) is 11.3 Å². The Morgan fingerprint density at radius 3 is 2.50 bits per heavy atom. The van der Waals surface area contributed by atoms with Gasteiger partial charge in [-0.25, -0.2) is 9.38 Å². The summed E-state index contributed by atoms with van der Waals surface area (Å²) >= 11 is 0. The van der Waals surface area contributed by atoms with Crippen LogP contribution in [0, 0.1) is 23.6 Å². The Morgan fingerprint density at radius 2 is 2.00 bits per heavy atom. The first kappa shape index (κ1) is 12.0. The summed E-state index contributed by atoms with van der Waals surface area (Å²) in [5.41, 5.74) is 6.39. The van der Waals surface area contributed by atoms with Crippen molar-refractivity contribution in [1.29, 1.82) is 10.8 Å². The van der Waals surface area contributed by atoms with Crippen molar-refractivity contribution in [2.45, 2.75) is 13.8 Å². The Morgan fingerprint density at radius 1 is 1.38 bits per heavy atom. The van der Waals surface area contributed by atoms with Gasteiger partial charge in [0.25, 0.3) is 0 Å². The number of benzene rings is 1. The van der Waals surface area contributed by atoms with Crippen molar-refractivity contribution in [2.24, 2.45) is 10.7 Å². The number of rotatable bonds is 3. The molecule has 0 heterocycles. The van der Waals surface area contributed by atoms with E-state index in [0.717, 1.165) is 0 Å². The highest BCUT2D eigenvalue weighted by Crippen LogP contribution is 2.16. The highest BCUT2D eigenvalue weighted by molar-refractivity contribution is 6.66. The zero-order valence-corrected chi connectivity index (χ0v) is 9.13. The zero-order valence-electron chi connectivity index (χ0n) is 9.13. The molecule has 5 heteroatoms. The third-order valence-electron chi connectivity index (χ3n) is 2.02. The smallest absolute Gasteiger partial charge is 0.151 e. The lowest BCUT2D eigenvalue weighted by atomic mass is 10.2. The van der Waals surface area contributed by atoms with Gasteiger partial charge in [-0.1, -0.05) is 0 Å². The predicted octanol–water partition coefficient (Wildman–Crippen LogP) is 2.18. The molecule has 0 atom stereocenters. The van der Waals surface area contributed by atoms with Crippen LogP contribution in [0.4, 0.5) is 10.1 Å². The SMILES string of the molecule is CC(=N)C(=N)C(N)=Nc1ccc(F)c(C)c1. The summed E-state index contributed by atoms with van der Waals surface area (Å²) in [4.78, 5) is 3.94. The topological polar surface area (TPSA) is 86.1 Å². The van der Waals surface area contributed by atoms with Crippen molar-refractivity contribution in [3.05, 3.63) is 29.6 Å². The average Bonchev–Trinajstić information content (AvgIpc) is 2.22. The molecule has 0 aromatic heterocycles. The molecule has 0 unspecified atom stereocenters. The Labute approximate surface area is 93.0 Å². The molecule has 1 rings (SSSR count). The van der Waals surface area contributed by atoms with Crippen LogP contribution in [-0.2, 0) is 0 Å². The molecule has 0 aliphatic heterocycles. The van der Waals surface area contributed by atoms with E-state index in [2.05, 4.69) is 4.99 Å². The van der Waals surface area contributed by atoms with Gasteiger partial charge >= 0.3 is 0 Å². The van der Waals surface area contributed by atoms with Gasteiger partial charge in [0, 0.05) is 0 Å². The number of aryl methyl sites for hydroxylation is 1. The summed E-state index contributed by atoms with van der Waals surface area (Å²) in [7, 11) is 0. The summed E-state index contributed by atoms with van der Waals surface area (Å²) in [6.07, 6.45) is 0. The molecule has 0 radical (unpaired) electrons. The first-order valence-corrected chi connectivity index (χ1v) is 4.66. The molecule has 1 aromatic carbocycles. The van der Waals surface area contributed by atoms with E-state index in [-0.39, 0.29) is 23.1 Å². The third-order valence-corrected chi connectivity index (χ3v) is 2.02. The number of nitrogens with two attached hydrogens (primary N) is 1. The molecule has 1 aromatic rings. The first-order valence-electron chi connectivity index (χ1n) is 4.66. The van der Waals surface area contributed by atoms with Gasteiger partial charge in [-0.05, 0) is 37.6 Å². The van der Waals surface area contributed by atoms with Crippen LogP contribution in [0.25, 0.3) is 0 Å². The van der Waals surface area contributed by atoms with Crippen molar-refractivity contribution < 1.29 is 4.39 Å². The van der Waals surface area contributed by atoms with Crippen LogP contribution in [0.3, 0.4) is 0 Å². The number of amidine groups is 1. The number of halogens is 1. The zero-order chi connectivity index (χ0) is 12.3. The maximum Gasteiger partial charge on any atom is 0.151 e. The molecule has 16 heavy (non-hydrogen) atoms. The first-order chi connectivity index (χ1) is 7.41. The molecule has 4 N–H and O–H groups in total. The molecule has 4 nitrogen and oxygen atoms in total. The molecular weight excluding hydrogens is 207 g/mol. The predicted molar refractivity (Wildman–Crippen MR) is 63.5 cm³/mol. The molecule has 0 spiro atoms. The van der Waals surface area contributed by atoms with Gasteiger partial charge in [-0.2, -0.15) is 0 Å². The third kappa shape index (κ3) is 2.73. The molecule has 0 bridgehead atoms. The average molecular weight is 220 g/mol. The molecule has 0 saturated carbocycles. The highest BCUT2D eigenvalue weighted by Gasteiger charge is 2.05. The van der Waals surface area contributed by atoms with Crippen LogP contribution in [0.5, 0.6) is 0 Å². The number of aliphatic imine (C=N–C) groups is 1. The molecular formula is C11H13FN4. The number of nitrogens with one attached hydrogen (secondary N) is 2. The van der Waals surface area contributed by atoms with E-state index >= 15 is 0 Å². The maximum atomic E-state index is 13.0. The maximum absolute atomic E-state index is 13.0. The Balaban J connectivity index is 3.03. The van der Waals surface area contributed by atoms with Crippen molar-refractivity contribution in [1.82, 2.24) is 0 Å². The van der Waals surface area contributed by atoms with Crippen LogP contribution < -0.4 is 5.73 Å². The van der Waals surface area contributed by atoms with E-state index in [4.69, 9.17) is 16.6 Å². The highest BCUT2D eigenvalue weighted by atomic mass is 19.1. The number of nitrogens with zero attached hydrogens (tertiary/aromatic N) is 1. The molecule has 0 amide bonds. The normalized spacial score (nSPS) is 11.3. The Hall–Kier alpha value is -2.04. The summed E-state index contributed by atoms with van der Waals surface area (Å²) < 4.78 is 13.0. The molecule has 0 aliphatic carbocycles. The van der Waals surface area contributed by atoms with Gasteiger partial charge in [-0.15, -0.1) is 0 Å².